The van der Waals surface area contributed by atoms with Crippen LogP contribution in [0.15, 0.2) is 97.2 Å². The van der Waals surface area contributed by atoms with E-state index in [0.29, 0.717) is 12.8 Å². The number of carbonyl (C=O) groups is 3. The van der Waals surface area contributed by atoms with Gasteiger partial charge in [-0.15, -0.1) is 0 Å². The van der Waals surface area contributed by atoms with Crippen molar-refractivity contribution >= 4 is 17.9 Å². The van der Waals surface area contributed by atoms with Gasteiger partial charge in [0.1, 0.15) is 13.2 Å². The summed E-state index contributed by atoms with van der Waals surface area (Å²) >= 11 is 0. The maximum Gasteiger partial charge on any atom is 0.306 e. The molecule has 75 heavy (non-hydrogen) atoms. The fourth-order valence-electron chi connectivity index (χ4n) is 8.83. The molecule has 0 aliphatic rings. The second-order valence-electron chi connectivity index (χ2n) is 20.9. The fraction of sp³-hybridized carbons (Fsp3) is 0.725. The van der Waals surface area contributed by atoms with Crippen molar-refractivity contribution in [2.45, 2.75) is 309 Å². The first kappa shape index (κ1) is 71.3. The summed E-state index contributed by atoms with van der Waals surface area (Å²) in [6.07, 6.45) is 84.1. The number of allylic oxidation sites excluding steroid dienone is 16. The molecule has 0 amide bonds. The molecule has 0 spiro atoms. The average molecular weight is 1040 g/mol. The normalized spacial score (nSPS) is 12.7. The number of unbranched alkanes of at least 4 members (excludes halogenated alkanes) is 30. The van der Waals surface area contributed by atoms with Gasteiger partial charge in [-0.2, -0.15) is 0 Å². The van der Waals surface area contributed by atoms with E-state index < -0.39 is 6.10 Å². The summed E-state index contributed by atoms with van der Waals surface area (Å²) in [4.78, 5) is 38.3. The molecule has 0 fully saturated rings. The van der Waals surface area contributed by atoms with Crippen LogP contribution in [0, 0.1) is 0 Å². The molecule has 0 aliphatic carbocycles. The summed E-state index contributed by atoms with van der Waals surface area (Å²) in [6.45, 7) is 6.48. The zero-order valence-corrected chi connectivity index (χ0v) is 49.3. The van der Waals surface area contributed by atoms with Gasteiger partial charge in [0.15, 0.2) is 6.10 Å². The van der Waals surface area contributed by atoms with E-state index in [1.54, 1.807) is 0 Å². The molecule has 0 aliphatic heterocycles. The highest BCUT2D eigenvalue weighted by Gasteiger charge is 2.19. The SMILES string of the molecule is CC/C=C\C/C=C\C/C=C\C/C=C\CCCCCCC(=O)OC[C@H](COC(=O)CCCCCCCCCCCCCCCCCCCCCCC)OC(=O)CCCCC/C=C\C/C=C\C/C=C\C/C=C\CCCCC. The lowest BCUT2D eigenvalue weighted by atomic mass is 10.0. The topological polar surface area (TPSA) is 78.9 Å². The maximum absolute atomic E-state index is 12.9. The van der Waals surface area contributed by atoms with Gasteiger partial charge in [0.05, 0.1) is 0 Å². The highest BCUT2D eigenvalue weighted by atomic mass is 16.6. The van der Waals surface area contributed by atoms with E-state index in [4.69, 9.17) is 14.2 Å². The van der Waals surface area contributed by atoms with E-state index in [1.165, 1.54) is 141 Å². The molecule has 0 aromatic rings. The van der Waals surface area contributed by atoms with Gasteiger partial charge in [-0.1, -0.05) is 279 Å². The third-order valence-corrected chi connectivity index (χ3v) is 13.6. The summed E-state index contributed by atoms with van der Waals surface area (Å²) in [5.41, 5.74) is 0. The first-order valence-corrected chi connectivity index (χ1v) is 31.7. The molecule has 0 unspecified atom stereocenters. The van der Waals surface area contributed by atoms with Crippen molar-refractivity contribution in [3.8, 4) is 0 Å². The minimum Gasteiger partial charge on any atom is -0.462 e. The van der Waals surface area contributed by atoms with Crippen LogP contribution < -0.4 is 0 Å². The van der Waals surface area contributed by atoms with E-state index in [9.17, 15) is 14.4 Å². The van der Waals surface area contributed by atoms with Crippen molar-refractivity contribution in [1.29, 1.82) is 0 Å². The molecule has 430 valence electrons. The lowest BCUT2D eigenvalue weighted by Crippen LogP contribution is -2.30. The van der Waals surface area contributed by atoms with E-state index in [-0.39, 0.29) is 37.5 Å². The van der Waals surface area contributed by atoms with E-state index in [1.807, 2.05) is 0 Å². The Morgan fingerprint density at radius 1 is 0.280 bits per heavy atom. The fourth-order valence-corrected chi connectivity index (χ4v) is 8.83. The molecule has 0 saturated carbocycles. The second-order valence-corrected chi connectivity index (χ2v) is 20.9. The molecule has 0 aromatic heterocycles. The molecule has 1 atom stereocenters. The van der Waals surface area contributed by atoms with Crippen molar-refractivity contribution in [3.63, 3.8) is 0 Å². The summed E-state index contributed by atoms with van der Waals surface area (Å²) in [5.74, 6) is -0.942. The largest absolute Gasteiger partial charge is 0.462 e. The Hall–Kier alpha value is -3.67. The molecular weight excluding hydrogens is 925 g/mol. The van der Waals surface area contributed by atoms with Gasteiger partial charge in [-0.3, -0.25) is 14.4 Å². The van der Waals surface area contributed by atoms with Gasteiger partial charge in [-0.05, 0) is 103 Å². The van der Waals surface area contributed by atoms with Crippen molar-refractivity contribution in [2.24, 2.45) is 0 Å². The molecule has 0 radical (unpaired) electrons. The molecule has 6 nitrogen and oxygen atoms in total. The number of hydrogen-bond acceptors (Lipinski definition) is 6. The van der Waals surface area contributed by atoms with Gasteiger partial charge in [0, 0.05) is 19.3 Å². The van der Waals surface area contributed by atoms with Crippen LogP contribution in [-0.4, -0.2) is 37.2 Å². The number of esters is 3. The van der Waals surface area contributed by atoms with Gasteiger partial charge < -0.3 is 14.2 Å². The maximum atomic E-state index is 12.9. The quantitative estimate of drug-likeness (QED) is 0.0261. The zero-order chi connectivity index (χ0) is 54.3. The van der Waals surface area contributed by atoms with E-state index >= 15 is 0 Å². The molecule has 0 N–H and O–H groups in total. The van der Waals surface area contributed by atoms with Gasteiger partial charge in [-0.25, -0.2) is 0 Å². The van der Waals surface area contributed by atoms with Crippen LogP contribution in [0.5, 0.6) is 0 Å². The van der Waals surface area contributed by atoms with E-state index in [0.717, 1.165) is 122 Å². The Bertz CT molecular complexity index is 1480. The minimum atomic E-state index is -0.806. The summed E-state index contributed by atoms with van der Waals surface area (Å²) < 4.78 is 16.9. The Kier molecular flexibility index (Phi) is 59.8. The van der Waals surface area contributed by atoms with Crippen molar-refractivity contribution in [2.75, 3.05) is 13.2 Å². The Labute approximate surface area is 464 Å². The molecule has 0 rings (SSSR count). The van der Waals surface area contributed by atoms with Crippen LogP contribution in [0.2, 0.25) is 0 Å². The molecule has 6 heteroatoms. The van der Waals surface area contributed by atoms with Gasteiger partial charge in [0.2, 0.25) is 0 Å². The summed E-state index contributed by atoms with van der Waals surface area (Å²) in [7, 11) is 0. The third kappa shape index (κ3) is 61.1. The highest BCUT2D eigenvalue weighted by molar-refractivity contribution is 5.71. The van der Waals surface area contributed by atoms with Crippen LogP contribution >= 0.6 is 0 Å². The molecule has 0 bridgehead atoms. The molecule has 0 heterocycles. The van der Waals surface area contributed by atoms with Crippen molar-refractivity contribution in [1.82, 2.24) is 0 Å². The van der Waals surface area contributed by atoms with Gasteiger partial charge >= 0.3 is 17.9 Å². The third-order valence-electron chi connectivity index (χ3n) is 13.6. The van der Waals surface area contributed by atoms with E-state index in [2.05, 4.69) is 118 Å². The molecule has 0 saturated heterocycles. The van der Waals surface area contributed by atoms with Crippen molar-refractivity contribution < 1.29 is 28.6 Å². The van der Waals surface area contributed by atoms with Crippen LogP contribution in [0.25, 0.3) is 0 Å². The summed E-state index contributed by atoms with van der Waals surface area (Å²) in [6, 6.07) is 0. The minimum absolute atomic E-state index is 0.0968. The van der Waals surface area contributed by atoms with Crippen molar-refractivity contribution in [3.05, 3.63) is 97.2 Å². The predicted octanol–water partition coefficient (Wildman–Crippen LogP) is 21.7. The summed E-state index contributed by atoms with van der Waals surface area (Å²) in [5, 5.41) is 0. The van der Waals surface area contributed by atoms with Gasteiger partial charge in [0.25, 0.3) is 0 Å². The molecular formula is C69H118O6. The number of hydrogen-bond donors (Lipinski definition) is 0. The highest BCUT2D eigenvalue weighted by Crippen LogP contribution is 2.16. The lowest BCUT2D eigenvalue weighted by Gasteiger charge is -2.18. The first-order chi connectivity index (χ1) is 37.0. The van der Waals surface area contributed by atoms with Crippen LogP contribution in [0.3, 0.4) is 0 Å². The Morgan fingerprint density at radius 2 is 0.520 bits per heavy atom. The standard InChI is InChI=1S/C69H118O6/c1-4-7-10-13-16-19-22-25-28-31-33-34-36-38-41-44-47-50-53-56-59-62-68(71)74-65-66(64-73-67(70)61-58-55-52-49-46-43-40-37-30-27-24-21-18-15-12-9-6-3)75-69(72)63-60-57-54-51-48-45-42-39-35-32-29-26-23-20-17-14-11-8-5-2/h9,12,17-18,20-21,26-27,29-30,35,39-40,43,45,48,66H,4-8,10-11,13-16,19,22-25,28,31-34,36-38,41-42,44,46-47,49-65H2,1-3H3/b12-9-,20-17-,21-18-,29-26-,30-27-,39-35-,43-40-,48-45-/t66-/m1/s1. The predicted molar refractivity (Wildman–Crippen MR) is 325 cm³/mol. The average Bonchev–Trinajstić information content (AvgIpc) is 3.41. The Balaban J connectivity index is 4.45. The zero-order valence-electron chi connectivity index (χ0n) is 49.3. The second kappa shape index (κ2) is 62.9. The first-order valence-electron chi connectivity index (χ1n) is 31.7. The van der Waals surface area contributed by atoms with Crippen LogP contribution in [0.1, 0.15) is 303 Å². The smallest absolute Gasteiger partial charge is 0.306 e. The van der Waals surface area contributed by atoms with Crippen LogP contribution in [0.4, 0.5) is 0 Å². The lowest BCUT2D eigenvalue weighted by molar-refractivity contribution is -0.167. The number of rotatable bonds is 57. The molecule has 0 aromatic carbocycles. The number of carbonyl (C=O) groups excluding carboxylic acids is 3. The monoisotopic (exact) mass is 1040 g/mol. The Morgan fingerprint density at radius 3 is 0.853 bits per heavy atom. The van der Waals surface area contributed by atoms with Crippen LogP contribution in [-0.2, 0) is 28.6 Å². The number of ether oxygens (including phenoxy) is 3.